The normalized spacial score (nSPS) is 19.2. The Labute approximate surface area is 128 Å². The van der Waals surface area contributed by atoms with Crippen LogP contribution >= 0.6 is 15.9 Å². The second kappa shape index (κ2) is 6.52. The number of aromatic nitrogens is 2. The van der Waals surface area contributed by atoms with Crippen LogP contribution in [-0.4, -0.2) is 52.0 Å². The van der Waals surface area contributed by atoms with E-state index in [0.29, 0.717) is 6.54 Å². The average Bonchev–Trinajstić information content (AvgIpc) is 2.46. The molecule has 0 N–H and O–H groups in total. The molecule has 2 amide bonds. The number of urea groups is 1. The monoisotopic (exact) mass is 340 g/mol. The SMILES string of the molecule is CC(C)N(C)C(=O)N1CCCC(c2ncc(Br)cn2)C1. The molecule has 1 aliphatic rings. The van der Waals surface area contributed by atoms with Crippen LogP contribution in [0.5, 0.6) is 0 Å². The number of piperidine rings is 1. The van der Waals surface area contributed by atoms with Gasteiger partial charge in [-0.15, -0.1) is 0 Å². The van der Waals surface area contributed by atoms with Crippen molar-refractivity contribution in [2.24, 2.45) is 0 Å². The zero-order valence-corrected chi connectivity index (χ0v) is 13.8. The lowest BCUT2D eigenvalue weighted by Gasteiger charge is -2.36. The lowest BCUT2D eigenvalue weighted by molar-refractivity contribution is 0.137. The molecule has 0 radical (unpaired) electrons. The maximum absolute atomic E-state index is 12.4. The van der Waals surface area contributed by atoms with Gasteiger partial charge >= 0.3 is 6.03 Å². The van der Waals surface area contributed by atoms with Crippen LogP contribution in [0, 0.1) is 0 Å². The molecule has 0 saturated carbocycles. The van der Waals surface area contributed by atoms with Crippen LogP contribution in [-0.2, 0) is 0 Å². The van der Waals surface area contributed by atoms with Gasteiger partial charge in [0.25, 0.3) is 0 Å². The second-order valence-corrected chi connectivity index (χ2v) is 6.45. The summed E-state index contributed by atoms with van der Waals surface area (Å²) in [5.41, 5.74) is 0. The van der Waals surface area contributed by atoms with Gasteiger partial charge in [0.15, 0.2) is 0 Å². The average molecular weight is 341 g/mol. The lowest BCUT2D eigenvalue weighted by atomic mass is 9.97. The molecular formula is C14H21BrN4O. The highest BCUT2D eigenvalue weighted by Gasteiger charge is 2.28. The molecule has 1 fully saturated rings. The molecule has 1 unspecified atom stereocenters. The fourth-order valence-electron chi connectivity index (χ4n) is 2.34. The van der Waals surface area contributed by atoms with Gasteiger partial charge in [0.05, 0.1) is 4.47 Å². The van der Waals surface area contributed by atoms with Gasteiger partial charge in [-0.05, 0) is 42.6 Å². The van der Waals surface area contributed by atoms with E-state index in [2.05, 4.69) is 25.9 Å². The Bertz CT molecular complexity index is 463. The van der Waals surface area contributed by atoms with Gasteiger partial charge < -0.3 is 9.80 Å². The van der Waals surface area contributed by atoms with Crippen LogP contribution in [0.25, 0.3) is 0 Å². The third-order valence-corrected chi connectivity index (χ3v) is 4.18. The molecule has 0 aliphatic carbocycles. The van der Waals surface area contributed by atoms with Gasteiger partial charge in [0.2, 0.25) is 0 Å². The van der Waals surface area contributed by atoms with E-state index < -0.39 is 0 Å². The van der Waals surface area contributed by atoms with E-state index in [9.17, 15) is 4.79 Å². The number of carbonyl (C=O) groups is 1. The smallest absolute Gasteiger partial charge is 0.319 e. The molecule has 1 aliphatic heterocycles. The van der Waals surface area contributed by atoms with Gasteiger partial charge in [0.1, 0.15) is 5.82 Å². The summed E-state index contributed by atoms with van der Waals surface area (Å²) in [4.78, 5) is 24.8. The van der Waals surface area contributed by atoms with Crippen molar-refractivity contribution in [3.05, 3.63) is 22.7 Å². The van der Waals surface area contributed by atoms with Gasteiger partial charge in [0, 0.05) is 44.5 Å². The highest BCUT2D eigenvalue weighted by molar-refractivity contribution is 9.10. The molecule has 0 aromatic carbocycles. The summed E-state index contributed by atoms with van der Waals surface area (Å²) in [7, 11) is 1.85. The van der Waals surface area contributed by atoms with Crippen LogP contribution in [0.15, 0.2) is 16.9 Å². The first-order valence-corrected chi connectivity index (χ1v) is 7.77. The minimum atomic E-state index is 0.0989. The summed E-state index contributed by atoms with van der Waals surface area (Å²) in [5, 5.41) is 0. The summed E-state index contributed by atoms with van der Waals surface area (Å²) in [6.45, 7) is 5.58. The predicted octanol–water partition coefficient (Wildman–Crippen LogP) is 2.88. The maximum Gasteiger partial charge on any atom is 0.319 e. The summed E-state index contributed by atoms with van der Waals surface area (Å²) in [6, 6.07) is 0.314. The molecule has 1 saturated heterocycles. The minimum absolute atomic E-state index is 0.0989. The number of hydrogen-bond donors (Lipinski definition) is 0. The Morgan fingerprint density at radius 1 is 1.45 bits per heavy atom. The van der Waals surface area contributed by atoms with E-state index >= 15 is 0 Å². The van der Waals surface area contributed by atoms with Crippen molar-refractivity contribution in [3.8, 4) is 0 Å². The van der Waals surface area contributed by atoms with Crippen LogP contribution in [0.1, 0.15) is 38.4 Å². The molecule has 110 valence electrons. The van der Waals surface area contributed by atoms with E-state index in [0.717, 1.165) is 29.7 Å². The van der Waals surface area contributed by atoms with E-state index in [-0.39, 0.29) is 18.0 Å². The van der Waals surface area contributed by atoms with Crippen molar-refractivity contribution < 1.29 is 4.79 Å². The Kier molecular flexibility index (Phi) is 4.96. The number of halogens is 1. The third kappa shape index (κ3) is 3.48. The van der Waals surface area contributed by atoms with Crippen LogP contribution in [0.4, 0.5) is 4.79 Å². The quantitative estimate of drug-likeness (QED) is 0.831. The Hall–Kier alpha value is -1.17. The standard InChI is InChI=1S/C14H21BrN4O/c1-10(2)18(3)14(20)19-6-4-5-11(9-19)13-16-7-12(15)8-17-13/h7-8,10-11H,4-6,9H2,1-3H3. The number of rotatable bonds is 2. The van der Waals surface area contributed by atoms with Crippen LogP contribution < -0.4 is 0 Å². The van der Waals surface area contributed by atoms with Crippen molar-refractivity contribution in [2.45, 2.75) is 38.6 Å². The first-order valence-electron chi connectivity index (χ1n) is 6.98. The third-order valence-electron chi connectivity index (χ3n) is 3.77. The van der Waals surface area contributed by atoms with E-state index in [1.807, 2.05) is 25.8 Å². The maximum atomic E-state index is 12.4. The molecule has 2 rings (SSSR count). The first-order chi connectivity index (χ1) is 9.49. The number of nitrogens with zero attached hydrogens (tertiary/aromatic N) is 4. The molecule has 1 aromatic heterocycles. The topological polar surface area (TPSA) is 49.3 Å². The van der Waals surface area contributed by atoms with Crippen LogP contribution in [0.3, 0.4) is 0 Å². The summed E-state index contributed by atoms with van der Waals surface area (Å²) in [6.07, 6.45) is 5.57. The van der Waals surface area contributed by atoms with Gasteiger partial charge in [-0.2, -0.15) is 0 Å². The van der Waals surface area contributed by atoms with E-state index in [1.54, 1.807) is 17.3 Å². The molecule has 5 nitrogen and oxygen atoms in total. The van der Waals surface area contributed by atoms with E-state index in [4.69, 9.17) is 0 Å². The van der Waals surface area contributed by atoms with Crippen molar-refractivity contribution in [3.63, 3.8) is 0 Å². The Morgan fingerprint density at radius 2 is 2.10 bits per heavy atom. The molecular weight excluding hydrogens is 320 g/mol. The lowest BCUT2D eigenvalue weighted by Crippen LogP contribution is -2.48. The van der Waals surface area contributed by atoms with Crippen molar-refractivity contribution in [2.75, 3.05) is 20.1 Å². The van der Waals surface area contributed by atoms with Gasteiger partial charge in [-0.1, -0.05) is 0 Å². The number of carbonyl (C=O) groups excluding carboxylic acids is 1. The van der Waals surface area contributed by atoms with E-state index in [1.165, 1.54) is 0 Å². The highest BCUT2D eigenvalue weighted by atomic mass is 79.9. The summed E-state index contributed by atoms with van der Waals surface area (Å²) in [5.74, 6) is 1.07. The zero-order valence-electron chi connectivity index (χ0n) is 12.2. The molecule has 6 heteroatoms. The molecule has 1 atom stereocenters. The Morgan fingerprint density at radius 3 is 2.70 bits per heavy atom. The zero-order chi connectivity index (χ0) is 14.7. The van der Waals surface area contributed by atoms with Gasteiger partial charge in [-0.3, -0.25) is 0 Å². The Balaban J connectivity index is 2.05. The van der Waals surface area contributed by atoms with Crippen molar-refractivity contribution in [1.29, 1.82) is 0 Å². The molecule has 2 heterocycles. The molecule has 20 heavy (non-hydrogen) atoms. The highest BCUT2D eigenvalue weighted by Crippen LogP contribution is 2.25. The number of likely N-dealkylation sites (tertiary alicyclic amines) is 1. The van der Waals surface area contributed by atoms with Crippen LogP contribution in [0.2, 0.25) is 0 Å². The molecule has 0 bridgehead atoms. The van der Waals surface area contributed by atoms with Crippen molar-refractivity contribution >= 4 is 22.0 Å². The fraction of sp³-hybridized carbons (Fsp3) is 0.643. The minimum Gasteiger partial charge on any atom is -0.325 e. The van der Waals surface area contributed by atoms with Crippen molar-refractivity contribution in [1.82, 2.24) is 19.8 Å². The molecule has 0 spiro atoms. The first kappa shape index (κ1) is 15.2. The summed E-state index contributed by atoms with van der Waals surface area (Å²) >= 11 is 3.34. The second-order valence-electron chi connectivity index (χ2n) is 5.53. The van der Waals surface area contributed by atoms with Gasteiger partial charge in [-0.25, -0.2) is 14.8 Å². The number of amides is 2. The summed E-state index contributed by atoms with van der Waals surface area (Å²) < 4.78 is 0.879. The largest absolute Gasteiger partial charge is 0.325 e. The molecule has 1 aromatic rings. The predicted molar refractivity (Wildman–Crippen MR) is 81.6 cm³/mol. The fourth-order valence-corrected chi connectivity index (χ4v) is 2.54. The number of hydrogen-bond acceptors (Lipinski definition) is 3.